The molecule has 2 heteroatoms. The number of rotatable bonds is 3. The lowest BCUT2D eigenvalue weighted by atomic mass is 9.80. The molecule has 1 aliphatic heterocycles. The topological polar surface area (TPSA) is 13.1 Å². The van der Waals surface area contributed by atoms with Crippen molar-refractivity contribution in [1.29, 1.82) is 0 Å². The summed E-state index contributed by atoms with van der Waals surface area (Å²) in [7, 11) is 2.20. The first-order chi connectivity index (χ1) is 19.9. The summed E-state index contributed by atoms with van der Waals surface area (Å²) in [6, 6.07) is 16.6. The Bertz CT molecular complexity index is 1940. The number of aryl methyl sites for hydroxylation is 3. The number of aromatic nitrogens is 1. The molecule has 1 aromatic heterocycles. The third kappa shape index (κ3) is 5.43. The minimum atomic E-state index is 0.112. The van der Waals surface area contributed by atoms with Gasteiger partial charge < -0.3 is 4.74 Å². The second kappa shape index (κ2) is 9.81. The Balaban J connectivity index is 1.72. The predicted octanol–water partition coefficient (Wildman–Crippen LogP) is 11.1. The summed E-state index contributed by atoms with van der Waals surface area (Å²) < 4.78 is 9.46. The molecule has 4 aromatic carbocycles. The van der Waals surface area contributed by atoms with Crippen molar-refractivity contribution >= 4 is 32.3 Å². The number of hydrogen-bond acceptors (Lipinski definition) is 1. The monoisotopic (exact) mass is 572 g/mol. The summed E-state index contributed by atoms with van der Waals surface area (Å²) in [5, 5.41) is 7.80. The minimum Gasteiger partial charge on any atom is -0.455 e. The molecule has 2 heterocycles. The molecule has 0 amide bonds. The standard InChI is InChI=1S/C41H50NO/c1-24-17-27(22-40(6,7)8)19-32-29-15-16-42(12)37-35-25(2)31-18-26(21-39(3,4)5)13-14-28(31)33(23-41(9,10)11)38(35)43-34(36(29)37)20-30(24)32/h13-20H,21-23H2,1-12H3/q+1. The van der Waals surface area contributed by atoms with E-state index in [1.54, 1.807) is 0 Å². The van der Waals surface area contributed by atoms with Gasteiger partial charge in [-0.1, -0.05) is 92.6 Å². The second-order valence-electron chi connectivity index (χ2n) is 16.9. The quantitative estimate of drug-likeness (QED) is 0.152. The molecular weight excluding hydrogens is 522 g/mol. The normalized spacial score (nSPS) is 13.6. The number of benzene rings is 4. The molecule has 0 N–H and O–H groups in total. The van der Waals surface area contributed by atoms with Crippen molar-refractivity contribution in [2.45, 2.75) is 95.4 Å². The van der Waals surface area contributed by atoms with E-state index in [9.17, 15) is 0 Å². The Hall–Kier alpha value is -3.39. The first-order valence-electron chi connectivity index (χ1n) is 16.1. The van der Waals surface area contributed by atoms with E-state index in [0.717, 1.165) is 30.8 Å². The molecule has 0 bridgehead atoms. The Morgan fingerprint density at radius 2 is 1.26 bits per heavy atom. The van der Waals surface area contributed by atoms with Crippen molar-refractivity contribution in [2.75, 3.05) is 0 Å². The molecule has 0 spiro atoms. The van der Waals surface area contributed by atoms with Crippen LogP contribution in [0.5, 0.6) is 11.5 Å². The van der Waals surface area contributed by atoms with Crippen LogP contribution in [0.1, 0.15) is 90.1 Å². The van der Waals surface area contributed by atoms with E-state index in [1.165, 1.54) is 71.4 Å². The van der Waals surface area contributed by atoms with Crippen LogP contribution in [0.3, 0.4) is 0 Å². The van der Waals surface area contributed by atoms with Crippen molar-refractivity contribution < 1.29 is 9.30 Å². The smallest absolute Gasteiger partial charge is 0.228 e. The molecule has 43 heavy (non-hydrogen) atoms. The van der Waals surface area contributed by atoms with Crippen molar-refractivity contribution in [2.24, 2.45) is 23.3 Å². The van der Waals surface area contributed by atoms with Gasteiger partial charge in [-0.15, -0.1) is 0 Å². The molecule has 0 atom stereocenters. The summed E-state index contributed by atoms with van der Waals surface area (Å²) >= 11 is 0. The third-order valence-electron chi connectivity index (χ3n) is 8.90. The molecule has 0 radical (unpaired) electrons. The van der Waals surface area contributed by atoms with E-state index in [4.69, 9.17) is 4.74 Å². The van der Waals surface area contributed by atoms with Gasteiger partial charge in [0.1, 0.15) is 18.5 Å². The highest BCUT2D eigenvalue weighted by Gasteiger charge is 2.34. The van der Waals surface area contributed by atoms with Crippen LogP contribution < -0.4 is 9.30 Å². The van der Waals surface area contributed by atoms with Gasteiger partial charge in [0.25, 0.3) is 0 Å². The highest BCUT2D eigenvalue weighted by atomic mass is 16.5. The maximum Gasteiger partial charge on any atom is 0.228 e. The molecule has 0 aliphatic carbocycles. The fourth-order valence-electron chi connectivity index (χ4n) is 7.39. The van der Waals surface area contributed by atoms with Crippen LogP contribution in [0.4, 0.5) is 0 Å². The van der Waals surface area contributed by atoms with Gasteiger partial charge in [-0.3, -0.25) is 0 Å². The molecule has 0 saturated carbocycles. The SMILES string of the molecule is Cc1c2c(c(CC(C)(C)C)c3ccc(CC(C)(C)C)cc13)Oc1cc3c(C)cc(CC(C)(C)C)cc3c3cc[n+](C)c-2c13. The molecule has 1 aliphatic rings. The van der Waals surface area contributed by atoms with Gasteiger partial charge in [0, 0.05) is 17.0 Å². The molecule has 2 nitrogen and oxygen atoms in total. The summed E-state index contributed by atoms with van der Waals surface area (Å²) in [6.45, 7) is 25.5. The number of ether oxygens (including phenoxy) is 1. The van der Waals surface area contributed by atoms with Crippen molar-refractivity contribution in [1.82, 2.24) is 0 Å². The van der Waals surface area contributed by atoms with Crippen molar-refractivity contribution in [3.8, 4) is 22.8 Å². The van der Waals surface area contributed by atoms with Crippen LogP contribution in [0.25, 0.3) is 43.6 Å². The lowest BCUT2D eigenvalue weighted by Crippen LogP contribution is -2.32. The van der Waals surface area contributed by atoms with Gasteiger partial charge in [-0.25, -0.2) is 4.57 Å². The lowest BCUT2D eigenvalue weighted by Gasteiger charge is -2.29. The Kier molecular flexibility index (Phi) is 6.77. The van der Waals surface area contributed by atoms with Gasteiger partial charge >= 0.3 is 0 Å². The predicted molar refractivity (Wildman–Crippen MR) is 185 cm³/mol. The van der Waals surface area contributed by atoms with E-state index in [0.29, 0.717) is 0 Å². The van der Waals surface area contributed by atoms with Gasteiger partial charge in [-0.2, -0.15) is 0 Å². The van der Waals surface area contributed by atoms with E-state index >= 15 is 0 Å². The lowest BCUT2D eigenvalue weighted by molar-refractivity contribution is -0.659. The molecule has 6 rings (SSSR count). The van der Waals surface area contributed by atoms with Crippen molar-refractivity contribution in [3.63, 3.8) is 0 Å². The van der Waals surface area contributed by atoms with Crippen LogP contribution in [0, 0.1) is 30.1 Å². The van der Waals surface area contributed by atoms with E-state index in [-0.39, 0.29) is 16.2 Å². The molecule has 0 saturated heterocycles. The highest BCUT2D eigenvalue weighted by Crippen LogP contribution is 2.53. The van der Waals surface area contributed by atoms with E-state index in [1.807, 2.05) is 0 Å². The first-order valence-corrected chi connectivity index (χ1v) is 16.1. The Morgan fingerprint density at radius 1 is 0.628 bits per heavy atom. The first kappa shape index (κ1) is 29.7. The van der Waals surface area contributed by atoms with Gasteiger partial charge in [0.2, 0.25) is 5.69 Å². The highest BCUT2D eigenvalue weighted by molar-refractivity contribution is 6.17. The fourth-order valence-corrected chi connectivity index (χ4v) is 7.39. The molecule has 0 fully saturated rings. The maximum absolute atomic E-state index is 7.14. The zero-order chi connectivity index (χ0) is 31.2. The largest absolute Gasteiger partial charge is 0.455 e. The number of fused-ring (bicyclic) bond motifs is 5. The number of pyridine rings is 1. The van der Waals surface area contributed by atoms with Crippen molar-refractivity contribution in [3.05, 3.63) is 76.5 Å². The van der Waals surface area contributed by atoms with Crippen LogP contribution in [0.15, 0.2) is 48.7 Å². The van der Waals surface area contributed by atoms with Gasteiger partial charge in [-0.05, 0) is 99.2 Å². The second-order valence-corrected chi connectivity index (χ2v) is 16.9. The minimum absolute atomic E-state index is 0.112. The molecule has 5 aromatic rings. The van der Waals surface area contributed by atoms with Crippen LogP contribution in [0.2, 0.25) is 0 Å². The van der Waals surface area contributed by atoms with Crippen LogP contribution in [-0.4, -0.2) is 0 Å². The van der Waals surface area contributed by atoms with Crippen LogP contribution in [-0.2, 0) is 26.3 Å². The van der Waals surface area contributed by atoms with E-state index < -0.39 is 0 Å². The average Bonchev–Trinajstić information content (AvgIpc) is 2.85. The fraction of sp³-hybridized carbons (Fsp3) is 0.439. The van der Waals surface area contributed by atoms with Crippen LogP contribution >= 0.6 is 0 Å². The zero-order valence-corrected chi connectivity index (χ0v) is 28.6. The summed E-state index contributed by atoms with van der Waals surface area (Å²) in [5.74, 6) is 2.02. The maximum atomic E-state index is 7.14. The Labute approximate surface area is 259 Å². The van der Waals surface area contributed by atoms with Gasteiger partial charge in [0.15, 0.2) is 6.20 Å². The zero-order valence-electron chi connectivity index (χ0n) is 28.6. The Morgan fingerprint density at radius 3 is 1.91 bits per heavy atom. The van der Waals surface area contributed by atoms with Gasteiger partial charge in [0.05, 0.1) is 10.9 Å². The number of nitrogens with zero attached hydrogens (tertiary/aromatic N) is 1. The third-order valence-corrected chi connectivity index (χ3v) is 8.90. The summed E-state index contributed by atoms with van der Waals surface area (Å²) in [6.07, 6.45) is 5.31. The summed E-state index contributed by atoms with van der Waals surface area (Å²) in [4.78, 5) is 0. The summed E-state index contributed by atoms with van der Waals surface area (Å²) in [5.41, 5.74) is 9.85. The molecular formula is C41H50NO+. The average molecular weight is 573 g/mol. The number of hydrogen-bond donors (Lipinski definition) is 0. The van der Waals surface area contributed by atoms with E-state index in [2.05, 4.69) is 136 Å². The molecule has 0 unspecified atom stereocenters. The molecule has 224 valence electrons.